The molecule has 0 heterocycles. The molecular formula is C16H26N2O2S. The van der Waals surface area contributed by atoms with Crippen LogP contribution in [0.5, 0.6) is 0 Å². The summed E-state index contributed by atoms with van der Waals surface area (Å²) in [7, 11) is -3.16. The zero-order chi connectivity index (χ0) is 15.1. The van der Waals surface area contributed by atoms with Crippen molar-refractivity contribution in [1.82, 2.24) is 4.72 Å². The van der Waals surface area contributed by atoms with Crippen LogP contribution in [0.25, 0.3) is 0 Å². The van der Waals surface area contributed by atoms with Gasteiger partial charge in [0.25, 0.3) is 0 Å². The van der Waals surface area contributed by atoms with E-state index < -0.39 is 10.0 Å². The second-order valence-electron chi connectivity index (χ2n) is 5.99. The largest absolute Gasteiger partial charge is 0.324 e. The molecular weight excluding hydrogens is 284 g/mol. The zero-order valence-corrected chi connectivity index (χ0v) is 13.3. The third-order valence-electron chi connectivity index (χ3n) is 4.18. The summed E-state index contributed by atoms with van der Waals surface area (Å²) in [5.41, 5.74) is 7.12. The van der Waals surface area contributed by atoms with Crippen molar-refractivity contribution in [3.63, 3.8) is 0 Å². The maximum atomic E-state index is 12.1. The molecule has 0 amide bonds. The van der Waals surface area contributed by atoms with E-state index in [-0.39, 0.29) is 11.8 Å². The van der Waals surface area contributed by atoms with Gasteiger partial charge in [0.05, 0.1) is 5.75 Å². The van der Waals surface area contributed by atoms with E-state index in [1.165, 1.54) is 19.3 Å². The zero-order valence-electron chi connectivity index (χ0n) is 12.5. The molecule has 21 heavy (non-hydrogen) atoms. The number of nitrogens with one attached hydrogen (secondary N) is 1. The third-order valence-corrected chi connectivity index (χ3v) is 5.74. The highest BCUT2D eigenvalue weighted by atomic mass is 32.2. The first kappa shape index (κ1) is 16.5. The van der Waals surface area contributed by atoms with Gasteiger partial charge in [0, 0.05) is 12.6 Å². The number of sulfonamides is 1. The lowest BCUT2D eigenvalue weighted by atomic mass is 9.91. The van der Waals surface area contributed by atoms with Crippen molar-refractivity contribution in [3.8, 4) is 0 Å². The van der Waals surface area contributed by atoms with Gasteiger partial charge in [-0.05, 0) is 30.7 Å². The Hall–Kier alpha value is -0.910. The van der Waals surface area contributed by atoms with Gasteiger partial charge in [0.1, 0.15) is 0 Å². The predicted octanol–water partition coefficient (Wildman–Crippen LogP) is 2.58. The van der Waals surface area contributed by atoms with Crippen molar-refractivity contribution in [3.05, 3.63) is 35.9 Å². The number of rotatable bonds is 7. The number of hydrogen-bond donors (Lipinski definition) is 2. The third kappa shape index (κ3) is 5.77. The monoisotopic (exact) mass is 310 g/mol. The van der Waals surface area contributed by atoms with Gasteiger partial charge >= 0.3 is 0 Å². The van der Waals surface area contributed by atoms with Crippen molar-refractivity contribution in [2.75, 3.05) is 12.3 Å². The second-order valence-corrected chi connectivity index (χ2v) is 7.84. The van der Waals surface area contributed by atoms with Crippen molar-refractivity contribution in [2.45, 2.75) is 44.6 Å². The van der Waals surface area contributed by atoms with Crippen LogP contribution in [0.3, 0.4) is 0 Å². The first-order valence-electron chi connectivity index (χ1n) is 7.85. The van der Waals surface area contributed by atoms with E-state index >= 15 is 0 Å². The normalized spacial score (nSPS) is 18.5. The van der Waals surface area contributed by atoms with Crippen LogP contribution in [-0.4, -0.2) is 20.7 Å². The smallest absolute Gasteiger partial charge is 0.211 e. The highest BCUT2D eigenvalue weighted by Crippen LogP contribution is 2.24. The topological polar surface area (TPSA) is 72.2 Å². The molecule has 1 aliphatic rings. The molecule has 1 aliphatic carbocycles. The Kier molecular flexibility index (Phi) is 6.21. The maximum absolute atomic E-state index is 12.1. The minimum absolute atomic E-state index is 0.122. The summed E-state index contributed by atoms with van der Waals surface area (Å²) in [4.78, 5) is 0. The molecule has 118 valence electrons. The predicted molar refractivity (Wildman–Crippen MR) is 86.4 cm³/mol. The second kappa shape index (κ2) is 7.92. The van der Waals surface area contributed by atoms with E-state index in [1.54, 1.807) is 0 Å². The van der Waals surface area contributed by atoms with Gasteiger partial charge in [-0.3, -0.25) is 0 Å². The van der Waals surface area contributed by atoms with Gasteiger partial charge in [0.2, 0.25) is 10.0 Å². The first-order chi connectivity index (χ1) is 10.1. The molecule has 0 radical (unpaired) electrons. The molecule has 0 aliphatic heterocycles. The Morgan fingerprint density at radius 1 is 1.14 bits per heavy atom. The number of hydrogen-bond acceptors (Lipinski definition) is 3. The van der Waals surface area contributed by atoms with Gasteiger partial charge in [-0.2, -0.15) is 0 Å². The number of nitrogens with two attached hydrogens (primary N) is 1. The fraction of sp³-hybridized carbons (Fsp3) is 0.625. The van der Waals surface area contributed by atoms with E-state index in [2.05, 4.69) is 4.72 Å². The van der Waals surface area contributed by atoms with E-state index in [0.29, 0.717) is 18.9 Å². The van der Waals surface area contributed by atoms with Crippen LogP contribution in [0.2, 0.25) is 0 Å². The molecule has 1 aromatic carbocycles. The summed E-state index contributed by atoms with van der Waals surface area (Å²) < 4.78 is 26.8. The van der Waals surface area contributed by atoms with Crippen molar-refractivity contribution in [2.24, 2.45) is 11.7 Å². The summed E-state index contributed by atoms with van der Waals surface area (Å²) >= 11 is 0. The van der Waals surface area contributed by atoms with Crippen molar-refractivity contribution in [1.29, 1.82) is 0 Å². The maximum Gasteiger partial charge on any atom is 0.211 e. The average Bonchev–Trinajstić information content (AvgIpc) is 2.48. The van der Waals surface area contributed by atoms with Gasteiger partial charge in [-0.1, -0.05) is 49.6 Å². The summed E-state index contributed by atoms with van der Waals surface area (Å²) in [5.74, 6) is 0.604. The van der Waals surface area contributed by atoms with Gasteiger partial charge < -0.3 is 5.73 Å². The van der Waals surface area contributed by atoms with Crippen LogP contribution in [0, 0.1) is 5.92 Å². The lowest BCUT2D eigenvalue weighted by Crippen LogP contribution is -2.32. The molecule has 0 bridgehead atoms. The Bertz CT molecular complexity index is 510. The van der Waals surface area contributed by atoms with Gasteiger partial charge in [-0.15, -0.1) is 0 Å². The van der Waals surface area contributed by atoms with Crippen LogP contribution in [0.15, 0.2) is 30.3 Å². The lowest BCUT2D eigenvalue weighted by Gasteiger charge is -2.21. The van der Waals surface area contributed by atoms with Crippen molar-refractivity contribution < 1.29 is 8.42 Å². The Morgan fingerprint density at radius 3 is 2.48 bits per heavy atom. The molecule has 1 fully saturated rings. The molecule has 0 saturated heterocycles. The van der Waals surface area contributed by atoms with Gasteiger partial charge in [-0.25, -0.2) is 13.1 Å². The van der Waals surface area contributed by atoms with E-state index in [4.69, 9.17) is 5.73 Å². The minimum Gasteiger partial charge on any atom is -0.324 e. The standard InChI is InChI=1S/C16H26N2O2S/c17-16(15-9-5-2-6-10-15)11-12-18-21(19,20)13-14-7-3-1-4-8-14/h2,5-6,9-10,14,16,18H,1,3-4,7-8,11-13,17H2. The molecule has 1 aromatic rings. The van der Waals surface area contributed by atoms with Crippen LogP contribution in [-0.2, 0) is 10.0 Å². The fourth-order valence-electron chi connectivity index (χ4n) is 2.96. The average molecular weight is 310 g/mol. The van der Waals surface area contributed by atoms with Crippen LogP contribution in [0.4, 0.5) is 0 Å². The Balaban J connectivity index is 1.74. The molecule has 5 heteroatoms. The Labute approximate surface area is 128 Å². The molecule has 3 N–H and O–H groups in total. The summed E-state index contributed by atoms with van der Waals surface area (Å²) in [5, 5.41) is 0. The first-order valence-corrected chi connectivity index (χ1v) is 9.50. The molecule has 4 nitrogen and oxygen atoms in total. The van der Waals surface area contributed by atoms with E-state index in [1.807, 2.05) is 30.3 Å². The van der Waals surface area contributed by atoms with Crippen molar-refractivity contribution >= 4 is 10.0 Å². The Morgan fingerprint density at radius 2 is 1.81 bits per heavy atom. The highest BCUT2D eigenvalue weighted by molar-refractivity contribution is 7.89. The fourth-order valence-corrected chi connectivity index (χ4v) is 4.46. The SMILES string of the molecule is NC(CCNS(=O)(=O)CC1CCCCC1)c1ccccc1. The van der Waals surface area contributed by atoms with Crippen LogP contribution < -0.4 is 10.5 Å². The minimum atomic E-state index is -3.16. The van der Waals surface area contributed by atoms with Crippen LogP contribution >= 0.6 is 0 Å². The van der Waals surface area contributed by atoms with Gasteiger partial charge in [0.15, 0.2) is 0 Å². The summed E-state index contributed by atoms with van der Waals surface area (Å²) in [6.45, 7) is 0.408. The molecule has 1 saturated carbocycles. The van der Waals surface area contributed by atoms with E-state index in [0.717, 1.165) is 18.4 Å². The molecule has 0 spiro atoms. The summed E-state index contributed by atoms with van der Waals surface area (Å²) in [6, 6.07) is 9.67. The van der Waals surface area contributed by atoms with Crippen LogP contribution in [0.1, 0.15) is 50.1 Å². The molecule has 0 aromatic heterocycles. The lowest BCUT2D eigenvalue weighted by molar-refractivity contribution is 0.384. The van der Waals surface area contributed by atoms with E-state index in [9.17, 15) is 8.42 Å². The summed E-state index contributed by atoms with van der Waals surface area (Å²) in [6.07, 6.45) is 6.29. The number of benzene rings is 1. The molecule has 2 rings (SSSR count). The molecule has 1 unspecified atom stereocenters. The highest BCUT2D eigenvalue weighted by Gasteiger charge is 2.21. The quantitative estimate of drug-likeness (QED) is 0.813. The molecule has 1 atom stereocenters.